The van der Waals surface area contributed by atoms with Crippen LogP contribution in [0.15, 0.2) is 0 Å². The number of hydrogen-bond acceptors (Lipinski definition) is 4. The maximum absolute atomic E-state index is 11.9. The number of carbonyl (C=O) groups is 3. The van der Waals surface area contributed by atoms with Crippen LogP contribution in [0, 0.1) is 5.92 Å². The summed E-state index contributed by atoms with van der Waals surface area (Å²) in [6.07, 6.45) is 0.123. The van der Waals surface area contributed by atoms with Gasteiger partial charge in [0, 0.05) is 20.1 Å². The minimum absolute atomic E-state index is 0.130. The van der Waals surface area contributed by atoms with E-state index in [9.17, 15) is 14.4 Å². The van der Waals surface area contributed by atoms with Crippen molar-refractivity contribution in [1.82, 2.24) is 10.6 Å². The van der Waals surface area contributed by atoms with Crippen LogP contribution in [0.2, 0.25) is 0 Å². The highest BCUT2D eigenvalue weighted by Gasteiger charge is 2.21. The third-order valence-electron chi connectivity index (χ3n) is 2.53. The molecule has 2 amide bonds. The summed E-state index contributed by atoms with van der Waals surface area (Å²) in [5, 5.41) is 13.8. The molecule has 0 aliphatic rings. The molecule has 0 aromatic carbocycles. The molecular weight excluding hydrogens is 264 g/mol. The molecule has 0 aromatic rings. The summed E-state index contributed by atoms with van der Waals surface area (Å²) in [5.41, 5.74) is 0. The summed E-state index contributed by atoms with van der Waals surface area (Å²) in [6, 6.07) is -0.645. The molecule has 0 fully saturated rings. The maximum Gasteiger partial charge on any atom is 0.303 e. The van der Waals surface area contributed by atoms with E-state index in [1.807, 2.05) is 13.8 Å². The number of aliphatic carboxylic acids is 1. The molecule has 7 heteroatoms. The first kappa shape index (κ1) is 18.4. The summed E-state index contributed by atoms with van der Waals surface area (Å²) in [4.78, 5) is 33.9. The van der Waals surface area contributed by atoms with Gasteiger partial charge in [-0.2, -0.15) is 0 Å². The Morgan fingerprint density at radius 1 is 1.20 bits per heavy atom. The number of nitrogens with one attached hydrogen (secondary N) is 2. The number of carboxylic acids is 1. The monoisotopic (exact) mass is 288 g/mol. The quantitative estimate of drug-likeness (QED) is 0.496. The molecule has 0 saturated heterocycles. The Morgan fingerprint density at radius 2 is 1.85 bits per heavy atom. The molecule has 0 spiro atoms. The molecule has 1 atom stereocenters. The van der Waals surface area contributed by atoms with E-state index in [1.165, 1.54) is 7.11 Å². The van der Waals surface area contributed by atoms with E-state index in [0.717, 1.165) is 0 Å². The first-order valence-corrected chi connectivity index (χ1v) is 6.64. The van der Waals surface area contributed by atoms with Crippen molar-refractivity contribution in [3.05, 3.63) is 0 Å². The Bertz CT molecular complexity index is 331. The highest BCUT2D eigenvalue weighted by molar-refractivity contribution is 5.88. The zero-order chi connectivity index (χ0) is 15.5. The van der Waals surface area contributed by atoms with Crippen LogP contribution in [0.1, 0.15) is 33.1 Å². The Balaban J connectivity index is 4.35. The van der Waals surface area contributed by atoms with Gasteiger partial charge < -0.3 is 20.5 Å². The summed E-state index contributed by atoms with van der Waals surface area (Å²) in [7, 11) is 1.53. The Labute approximate surface area is 119 Å². The fourth-order valence-electron chi connectivity index (χ4n) is 1.59. The predicted molar refractivity (Wildman–Crippen MR) is 73.1 cm³/mol. The lowest BCUT2D eigenvalue weighted by atomic mass is 10.0. The van der Waals surface area contributed by atoms with Crippen LogP contribution in [0.3, 0.4) is 0 Å². The van der Waals surface area contributed by atoms with E-state index >= 15 is 0 Å². The van der Waals surface area contributed by atoms with Crippen molar-refractivity contribution in [1.29, 1.82) is 0 Å². The molecule has 116 valence electrons. The van der Waals surface area contributed by atoms with Gasteiger partial charge >= 0.3 is 5.97 Å². The van der Waals surface area contributed by atoms with Crippen LogP contribution < -0.4 is 10.6 Å². The highest BCUT2D eigenvalue weighted by Crippen LogP contribution is 2.05. The first-order chi connectivity index (χ1) is 9.36. The van der Waals surface area contributed by atoms with Crippen LogP contribution >= 0.6 is 0 Å². The molecule has 20 heavy (non-hydrogen) atoms. The topological polar surface area (TPSA) is 105 Å². The summed E-state index contributed by atoms with van der Waals surface area (Å²) >= 11 is 0. The second-order valence-electron chi connectivity index (χ2n) is 4.93. The van der Waals surface area contributed by atoms with Crippen molar-refractivity contribution in [3.63, 3.8) is 0 Å². The molecule has 0 aliphatic heterocycles. The van der Waals surface area contributed by atoms with Crippen LogP contribution in [-0.2, 0) is 19.1 Å². The molecular formula is C13H24N2O5. The number of methoxy groups -OCH3 is 1. The average Bonchev–Trinajstić information content (AvgIpc) is 2.35. The number of carbonyl (C=O) groups excluding carboxylic acids is 2. The minimum atomic E-state index is -1.04. The van der Waals surface area contributed by atoms with Crippen molar-refractivity contribution in [3.8, 4) is 0 Å². The normalized spacial score (nSPS) is 12.0. The van der Waals surface area contributed by atoms with Crippen molar-refractivity contribution >= 4 is 17.8 Å². The average molecular weight is 288 g/mol. The zero-order valence-corrected chi connectivity index (χ0v) is 12.3. The van der Waals surface area contributed by atoms with Crippen LogP contribution in [-0.4, -0.2) is 49.2 Å². The fourth-order valence-corrected chi connectivity index (χ4v) is 1.59. The molecule has 0 unspecified atom stereocenters. The first-order valence-electron chi connectivity index (χ1n) is 6.64. The summed E-state index contributed by atoms with van der Waals surface area (Å²) < 4.78 is 4.83. The van der Waals surface area contributed by atoms with Gasteiger partial charge in [0.2, 0.25) is 11.8 Å². The van der Waals surface area contributed by atoms with E-state index in [0.29, 0.717) is 19.6 Å². The maximum atomic E-state index is 11.9. The third kappa shape index (κ3) is 9.32. The fraction of sp³-hybridized carbons (Fsp3) is 0.769. The molecule has 3 N–H and O–H groups in total. The summed E-state index contributed by atoms with van der Waals surface area (Å²) in [6.45, 7) is 4.65. The number of rotatable bonds is 10. The second kappa shape index (κ2) is 10.2. The van der Waals surface area contributed by atoms with E-state index in [-0.39, 0.29) is 24.7 Å². The molecule has 0 aliphatic carbocycles. The lowest BCUT2D eigenvalue weighted by Gasteiger charge is -2.20. The van der Waals surface area contributed by atoms with Crippen LogP contribution in [0.4, 0.5) is 0 Å². The Hall–Kier alpha value is -1.63. The molecule has 0 bridgehead atoms. The third-order valence-corrected chi connectivity index (χ3v) is 2.53. The van der Waals surface area contributed by atoms with Crippen LogP contribution in [0.5, 0.6) is 0 Å². The number of hydrogen-bond donors (Lipinski definition) is 3. The van der Waals surface area contributed by atoms with Gasteiger partial charge in [0.25, 0.3) is 0 Å². The number of carboxylic acid groups (broad SMARTS) is 1. The second-order valence-corrected chi connectivity index (χ2v) is 4.93. The minimum Gasteiger partial charge on any atom is -0.481 e. The lowest BCUT2D eigenvalue weighted by molar-refractivity contribution is -0.139. The molecule has 0 aromatic heterocycles. The number of amides is 2. The van der Waals surface area contributed by atoms with E-state index in [1.54, 1.807) is 0 Å². The van der Waals surface area contributed by atoms with Gasteiger partial charge in [-0.3, -0.25) is 14.4 Å². The molecule has 0 radical (unpaired) electrons. The van der Waals surface area contributed by atoms with Gasteiger partial charge in [-0.15, -0.1) is 0 Å². The Morgan fingerprint density at radius 3 is 2.35 bits per heavy atom. The number of ether oxygens (including phenoxy) is 1. The Kier molecular flexibility index (Phi) is 9.36. The van der Waals surface area contributed by atoms with Crippen LogP contribution in [0.25, 0.3) is 0 Å². The highest BCUT2D eigenvalue weighted by atomic mass is 16.5. The zero-order valence-electron chi connectivity index (χ0n) is 12.3. The van der Waals surface area contributed by atoms with E-state index < -0.39 is 17.9 Å². The molecule has 0 rings (SSSR count). The van der Waals surface area contributed by atoms with E-state index in [2.05, 4.69) is 10.6 Å². The van der Waals surface area contributed by atoms with Crippen molar-refractivity contribution in [2.75, 3.05) is 20.3 Å². The van der Waals surface area contributed by atoms with Gasteiger partial charge in [0.15, 0.2) is 0 Å². The van der Waals surface area contributed by atoms with Gasteiger partial charge in [0.05, 0.1) is 13.0 Å². The lowest BCUT2D eigenvalue weighted by Crippen LogP contribution is -2.48. The molecule has 7 nitrogen and oxygen atoms in total. The van der Waals surface area contributed by atoms with E-state index in [4.69, 9.17) is 9.84 Å². The van der Waals surface area contributed by atoms with Crippen molar-refractivity contribution in [2.24, 2.45) is 5.92 Å². The predicted octanol–water partition coefficient (Wildman–Crippen LogP) is 0.145. The van der Waals surface area contributed by atoms with Gasteiger partial charge in [-0.05, 0) is 12.3 Å². The largest absolute Gasteiger partial charge is 0.481 e. The van der Waals surface area contributed by atoms with Crippen molar-refractivity contribution < 1.29 is 24.2 Å². The van der Waals surface area contributed by atoms with Gasteiger partial charge in [-0.1, -0.05) is 13.8 Å². The van der Waals surface area contributed by atoms with Gasteiger partial charge in [0.1, 0.15) is 6.04 Å². The summed E-state index contributed by atoms with van der Waals surface area (Å²) in [5.74, 6) is -1.52. The standard InChI is InChI=1S/C13H24N2O5/c1-9(2)8-10(13(19)14-6-7-20-3)15-11(16)4-5-12(17)18/h9-10H,4-8H2,1-3H3,(H,14,19)(H,15,16)(H,17,18)/t10-/m0/s1. The molecule has 0 heterocycles. The SMILES string of the molecule is COCCNC(=O)[C@H](CC(C)C)NC(=O)CCC(=O)O. The smallest absolute Gasteiger partial charge is 0.303 e. The molecule has 0 saturated carbocycles. The van der Waals surface area contributed by atoms with Crippen molar-refractivity contribution in [2.45, 2.75) is 39.2 Å². The van der Waals surface area contributed by atoms with Gasteiger partial charge in [-0.25, -0.2) is 0 Å².